The summed E-state index contributed by atoms with van der Waals surface area (Å²) in [7, 11) is -3.19. The number of benzene rings is 1. The van der Waals surface area contributed by atoms with E-state index in [2.05, 4.69) is 10.6 Å². The van der Waals surface area contributed by atoms with E-state index in [1.165, 1.54) is 6.26 Å². The van der Waals surface area contributed by atoms with Crippen molar-refractivity contribution >= 4 is 21.6 Å². The molecule has 1 unspecified atom stereocenters. The summed E-state index contributed by atoms with van der Waals surface area (Å²) in [4.78, 5) is 11.8. The number of carbonyl (C=O) groups is 1. The molecule has 2 N–H and O–H groups in total. The molecule has 1 amide bonds. The Morgan fingerprint density at radius 3 is 2.23 bits per heavy atom. The van der Waals surface area contributed by atoms with Gasteiger partial charge in [-0.3, -0.25) is 0 Å². The second-order valence-corrected chi connectivity index (χ2v) is 8.24. The van der Waals surface area contributed by atoms with E-state index in [1.807, 2.05) is 6.92 Å². The van der Waals surface area contributed by atoms with Crippen molar-refractivity contribution in [3.05, 3.63) is 24.3 Å². The standard InChI is InChI=1S/C15H24N2O4S/c1-11(10-16-14(18)21-15(2,3)4)17-12-6-8-13(9-7-12)22(5,19)20/h6-9,11,17H,10H2,1-5H3,(H,16,18). The molecule has 0 radical (unpaired) electrons. The van der Waals surface area contributed by atoms with Gasteiger partial charge in [0.05, 0.1) is 4.90 Å². The number of nitrogens with one attached hydrogen (secondary N) is 2. The first-order valence-electron chi connectivity index (χ1n) is 7.01. The van der Waals surface area contributed by atoms with Crippen LogP contribution in [-0.4, -0.2) is 39.0 Å². The van der Waals surface area contributed by atoms with Crippen LogP contribution < -0.4 is 10.6 Å². The number of alkyl carbamates (subject to hydrolysis) is 1. The first-order chi connectivity index (χ1) is 9.97. The Hall–Kier alpha value is -1.76. The smallest absolute Gasteiger partial charge is 0.407 e. The maximum atomic E-state index is 11.5. The molecule has 0 saturated heterocycles. The number of anilines is 1. The minimum Gasteiger partial charge on any atom is -0.444 e. The molecule has 1 aromatic rings. The zero-order valence-electron chi connectivity index (χ0n) is 13.6. The molecular weight excluding hydrogens is 304 g/mol. The SMILES string of the molecule is CC(CNC(=O)OC(C)(C)C)Nc1ccc(S(C)(=O)=O)cc1. The molecule has 1 atom stereocenters. The van der Waals surface area contributed by atoms with Crippen molar-refractivity contribution in [3.8, 4) is 0 Å². The van der Waals surface area contributed by atoms with E-state index in [0.717, 1.165) is 5.69 Å². The lowest BCUT2D eigenvalue weighted by molar-refractivity contribution is 0.0526. The van der Waals surface area contributed by atoms with Gasteiger partial charge in [0.25, 0.3) is 0 Å². The maximum absolute atomic E-state index is 11.5. The highest BCUT2D eigenvalue weighted by molar-refractivity contribution is 7.90. The number of hydrogen-bond donors (Lipinski definition) is 2. The van der Waals surface area contributed by atoms with Crippen LogP contribution in [0, 0.1) is 0 Å². The number of sulfone groups is 1. The van der Waals surface area contributed by atoms with E-state index in [4.69, 9.17) is 4.74 Å². The van der Waals surface area contributed by atoms with Crippen molar-refractivity contribution in [1.29, 1.82) is 0 Å². The number of carbonyl (C=O) groups excluding carboxylic acids is 1. The van der Waals surface area contributed by atoms with Crippen molar-refractivity contribution in [1.82, 2.24) is 5.32 Å². The molecule has 0 heterocycles. The van der Waals surface area contributed by atoms with Gasteiger partial charge in [0.1, 0.15) is 5.60 Å². The van der Waals surface area contributed by atoms with Crippen molar-refractivity contribution in [2.75, 3.05) is 18.1 Å². The van der Waals surface area contributed by atoms with Crippen molar-refractivity contribution in [3.63, 3.8) is 0 Å². The number of ether oxygens (including phenoxy) is 1. The summed E-state index contributed by atoms with van der Waals surface area (Å²) in [6, 6.07) is 6.45. The third-order valence-electron chi connectivity index (χ3n) is 2.65. The average molecular weight is 328 g/mol. The van der Waals surface area contributed by atoms with Crippen LogP contribution in [0.5, 0.6) is 0 Å². The number of hydrogen-bond acceptors (Lipinski definition) is 5. The van der Waals surface area contributed by atoms with E-state index in [9.17, 15) is 13.2 Å². The topological polar surface area (TPSA) is 84.5 Å². The Bertz CT molecular complexity index is 603. The molecule has 1 aromatic carbocycles. The van der Waals surface area contributed by atoms with Gasteiger partial charge in [0.15, 0.2) is 9.84 Å². The second kappa shape index (κ2) is 7.00. The first-order valence-corrected chi connectivity index (χ1v) is 8.90. The van der Waals surface area contributed by atoms with Crippen LogP contribution in [0.2, 0.25) is 0 Å². The van der Waals surface area contributed by atoms with E-state index >= 15 is 0 Å². The number of amides is 1. The van der Waals surface area contributed by atoms with Crippen molar-refractivity contribution < 1.29 is 17.9 Å². The third kappa shape index (κ3) is 6.80. The van der Waals surface area contributed by atoms with Gasteiger partial charge < -0.3 is 15.4 Å². The molecule has 6 nitrogen and oxygen atoms in total. The number of rotatable bonds is 5. The fourth-order valence-electron chi connectivity index (χ4n) is 1.68. The largest absolute Gasteiger partial charge is 0.444 e. The highest BCUT2D eigenvalue weighted by Crippen LogP contribution is 2.14. The van der Waals surface area contributed by atoms with Crippen molar-refractivity contribution in [2.45, 2.75) is 44.2 Å². The zero-order valence-corrected chi connectivity index (χ0v) is 14.5. The van der Waals surface area contributed by atoms with Crippen LogP contribution in [0.1, 0.15) is 27.7 Å². The molecule has 22 heavy (non-hydrogen) atoms. The Morgan fingerprint density at radius 2 is 1.77 bits per heavy atom. The highest BCUT2D eigenvalue weighted by Gasteiger charge is 2.16. The summed E-state index contributed by atoms with van der Waals surface area (Å²) in [5.74, 6) is 0. The van der Waals surface area contributed by atoms with Crippen LogP contribution in [0.25, 0.3) is 0 Å². The molecule has 0 aromatic heterocycles. The van der Waals surface area contributed by atoms with Gasteiger partial charge in [-0.05, 0) is 52.0 Å². The predicted octanol–water partition coefficient (Wildman–Crippen LogP) is 2.42. The molecule has 7 heteroatoms. The Balaban J connectivity index is 2.49. The molecule has 0 bridgehead atoms. The van der Waals surface area contributed by atoms with Crippen LogP contribution in [0.15, 0.2) is 29.2 Å². The quantitative estimate of drug-likeness (QED) is 0.867. The molecule has 1 rings (SSSR count). The Labute approximate surface area is 132 Å². The summed E-state index contributed by atoms with van der Waals surface area (Å²) in [6.07, 6.45) is 0.705. The van der Waals surface area contributed by atoms with Gasteiger partial charge in [-0.25, -0.2) is 13.2 Å². The zero-order chi connectivity index (χ0) is 17.0. The molecule has 0 aliphatic carbocycles. The maximum Gasteiger partial charge on any atom is 0.407 e. The third-order valence-corrected chi connectivity index (χ3v) is 3.78. The molecular formula is C15H24N2O4S. The summed E-state index contributed by atoms with van der Waals surface area (Å²) >= 11 is 0. The lowest BCUT2D eigenvalue weighted by Crippen LogP contribution is -2.38. The minimum absolute atomic E-state index is 0.0309. The highest BCUT2D eigenvalue weighted by atomic mass is 32.2. The Kier molecular flexibility index (Phi) is 5.82. The summed E-state index contributed by atoms with van der Waals surface area (Å²) in [6.45, 7) is 7.71. The minimum atomic E-state index is -3.19. The van der Waals surface area contributed by atoms with Gasteiger partial charge in [-0.1, -0.05) is 0 Å². The van der Waals surface area contributed by atoms with Crippen LogP contribution >= 0.6 is 0 Å². The molecule has 0 saturated carbocycles. The van der Waals surface area contributed by atoms with Gasteiger partial charge in [0, 0.05) is 24.5 Å². The Morgan fingerprint density at radius 1 is 1.23 bits per heavy atom. The van der Waals surface area contributed by atoms with Crippen molar-refractivity contribution in [2.24, 2.45) is 0 Å². The normalized spacial score (nSPS) is 13.3. The van der Waals surface area contributed by atoms with Crippen LogP contribution in [0.4, 0.5) is 10.5 Å². The summed E-state index contributed by atoms with van der Waals surface area (Å²) < 4.78 is 27.9. The summed E-state index contributed by atoms with van der Waals surface area (Å²) in [5, 5.41) is 5.85. The lowest BCUT2D eigenvalue weighted by Gasteiger charge is -2.21. The lowest BCUT2D eigenvalue weighted by atomic mass is 10.2. The molecule has 124 valence electrons. The van der Waals surface area contributed by atoms with E-state index in [0.29, 0.717) is 6.54 Å². The van der Waals surface area contributed by atoms with Crippen LogP contribution in [-0.2, 0) is 14.6 Å². The second-order valence-electron chi connectivity index (χ2n) is 6.22. The average Bonchev–Trinajstić information content (AvgIpc) is 2.34. The van der Waals surface area contributed by atoms with E-state index in [-0.39, 0.29) is 10.9 Å². The van der Waals surface area contributed by atoms with E-state index < -0.39 is 21.5 Å². The van der Waals surface area contributed by atoms with Gasteiger partial charge in [-0.2, -0.15) is 0 Å². The predicted molar refractivity (Wildman–Crippen MR) is 86.9 cm³/mol. The molecule has 0 aliphatic heterocycles. The fourth-order valence-corrected chi connectivity index (χ4v) is 2.31. The van der Waals surface area contributed by atoms with Crippen LogP contribution in [0.3, 0.4) is 0 Å². The van der Waals surface area contributed by atoms with Gasteiger partial charge >= 0.3 is 6.09 Å². The van der Waals surface area contributed by atoms with Gasteiger partial charge in [-0.15, -0.1) is 0 Å². The molecule has 0 fully saturated rings. The summed E-state index contributed by atoms with van der Waals surface area (Å²) in [5.41, 5.74) is 0.258. The van der Waals surface area contributed by atoms with E-state index in [1.54, 1.807) is 45.0 Å². The molecule has 0 aliphatic rings. The first kappa shape index (κ1) is 18.3. The van der Waals surface area contributed by atoms with Gasteiger partial charge in [0.2, 0.25) is 0 Å². The molecule has 0 spiro atoms. The fraction of sp³-hybridized carbons (Fsp3) is 0.533. The monoisotopic (exact) mass is 328 g/mol.